The zero-order valence-corrected chi connectivity index (χ0v) is 16.7. The maximum Gasteiger partial charge on any atom is 0.246 e. The van der Waals surface area contributed by atoms with E-state index in [2.05, 4.69) is 15.5 Å². The van der Waals surface area contributed by atoms with Crippen molar-refractivity contribution < 1.29 is 17.6 Å². The largest absolute Gasteiger partial charge is 0.299 e. The highest BCUT2D eigenvalue weighted by molar-refractivity contribution is 7.92. The first-order valence-corrected chi connectivity index (χ1v) is 10.8. The SMILES string of the molecule is Cc1ccc(-c2nnc(NC(=O)CN(c3ccccc3F)S(C)(=O)=O)s2)cc1. The number of nitrogens with one attached hydrogen (secondary N) is 1. The Morgan fingerprint density at radius 3 is 2.46 bits per heavy atom. The van der Waals surface area contributed by atoms with Crippen LogP contribution in [0.25, 0.3) is 10.6 Å². The molecule has 3 rings (SSSR count). The molecule has 1 N–H and O–H groups in total. The molecule has 0 aliphatic rings. The van der Waals surface area contributed by atoms with E-state index >= 15 is 0 Å². The second-order valence-corrected chi connectivity index (χ2v) is 8.93. The number of para-hydroxylation sites is 1. The predicted octanol–water partition coefficient (Wildman–Crippen LogP) is 3.06. The summed E-state index contributed by atoms with van der Waals surface area (Å²) in [5.74, 6) is -1.39. The van der Waals surface area contributed by atoms with Gasteiger partial charge in [-0.25, -0.2) is 12.8 Å². The molecule has 0 saturated heterocycles. The van der Waals surface area contributed by atoms with E-state index in [1.54, 1.807) is 0 Å². The molecular formula is C18H17FN4O3S2. The molecule has 0 fully saturated rings. The van der Waals surface area contributed by atoms with Gasteiger partial charge in [0.15, 0.2) is 0 Å². The predicted molar refractivity (Wildman–Crippen MR) is 107 cm³/mol. The van der Waals surface area contributed by atoms with Crippen molar-refractivity contribution in [3.05, 3.63) is 59.9 Å². The summed E-state index contributed by atoms with van der Waals surface area (Å²) in [5.41, 5.74) is 1.77. The van der Waals surface area contributed by atoms with E-state index in [9.17, 15) is 17.6 Å². The number of carbonyl (C=O) groups excluding carboxylic acids is 1. The van der Waals surface area contributed by atoms with Crippen molar-refractivity contribution in [2.24, 2.45) is 0 Å². The number of amides is 1. The topological polar surface area (TPSA) is 92.3 Å². The minimum absolute atomic E-state index is 0.197. The number of carbonyl (C=O) groups is 1. The minimum atomic E-state index is -3.87. The highest BCUT2D eigenvalue weighted by Crippen LogP contribution is 2.27. The molecule has 0 unspecified atom stereocenters. The number of nitrogens with zero attached hydrogens (tertiary/aromatic N) is 3. The zero-order valence-electron chi connectivity index (χ0n) is 15.1. The van der Waals surface area contributed by atoms with Crippen LogP contribution in [-0.4, -0.2) is 37.3 Å². The smallest absolute Gasteiger partial charge is 0.246 e. The van der Waals surface area contributed by atoms with E-state index in [1.807, 2.05) is 31.2 Å². The summed E-state index contributed by atoms with van der Waals surface area (Å²) in [6.45, 7) is 1.39. The first-order valence-electron chi connectivity index (χ1n) is 8.16. The maximum atomic E-state index is 14.0. The molecule has 0 aliphatic heterocycles. The van der Waals surface area contributed by atoms with Crippen LogP contribution in [0.5, 0.6) is 0 Å². The number of rotatable bonds is 6. The molecule has 0 bridgehead atoms. The van der Waals surface area contributed by atoms with Gasteiger partial charge in [-0.1, -0.05) is 53.3 Å². The molecule has 0 atom stereocenters. The van der Waals surface area contributed by atoms with Gasteiger partial charge in [0, 0.05) is 5.56 Å². The van der Waals surface area contributed by atoms with Gasteiger partial charge in [0.1, 0.15) is 17.4 Å². The first-order chi connectivity index (χ1) is 13.2. The van der Waals surface area contributed by atoms with Crippen molar-refractivity contribution in [2.45, 2.75) is 6.92 Å². The molecule has 0 radical (unpaired) electrons. The van der Waals surface area contributed by atoms with Crippen LogP contribution >= 0.6 is 11.3 Å². The molecule has 2 aromatic carbocycles. The summed E-state index contributed by atoms with van der Waals surface area (Å²) in [5, 5.41) is 11.3. The summed E-state index contributed by atoms with van der Waals surface area (Å²) in [7, 11) is -3.87. The molecule has 1 amide bonds. The number of halogens is 1. The van der Waals surface area contributed by atoms with Crippen molar-refractivity contribution >= 4 is 38.1 Å². The fourth-order valence-corrected chi connectivity index (χ4v) is 4.03. The van der Waals surface area contributed by atoms with Crippen LogP contribution in [0.3, 0.4) is 0 Å². The Bertz CT molecular complexity index is 1100. The molecular weight excluding hydrogens is 403 g/mol. The monoisotopic (exact) mass is 420 g/mol. The van der Waals surface area contributed by atoms with Crippen LogP contribution in [0.1, 0.15) is 5.56 Å². The Hall–Kier alpha value is -2.85. The van der Waals surface area contributed by atoms with E-state index in [0.717, 1.165) is 34.8 Å². The van der Waals surface area contributed by atoms with E-state index in [0.29, 0.717) is 9.31 Å². The van der Waals surface area contributed by atoms with Crippen LogP contribution in [-0.2, 0) is 14.8 Å². The number of hydrogen-bond acceptors (Lipinski definition) is 6. The van der Waals surface area contributed by atoms with Crippen molar-refractivity contribution in [1.82, 2.24) is 10.2 Å². The molecule has 28 heavy (non-hydrogen) atoms. The second kappa shape index (κ2) is 8.03. The highest BCUT2D eigenvalue weighted by atomic mass is 32.2. The Morgan fingerprint density at radius 1 is 1.14 bits per heavy atom. The number of hydrogen-bond donors (Lipinski definition) is 1. The molecule has 0 spiro atoms. The van der Waals surface area contributed by atoms with Crippen LogP contribution in [0.15, 0.2) is 48.5 Å². The lowest BCUT2D eigenvalue weighted by Gasteiger charge is -2.21. The van der Waals surface area contributed by atoms with Gasteiger partial charge >= 0.3 is 0 Å². The minimum Gasteiger partial charge on any atom is -0.299 e. The van der Waals surface area contributed by atoms with Crippen molar-refractivity contribution in [3.63, 3.8) is 0 Å². The van der Waals surface area contributed by atoms with Gasteiger partial charge in [-0.2, -0.15) is 0 Å². The van der Waals surface area contributed by atoms with Gasteiger partial charge in [0.05, 0.1) is 11.9 Å². The Kier molecular flexibility index (Phi) is 5.71. The molecule has 10 heteroatoms. The maximum absolute atomic E-state index is 14.0. The molecule has 7 nitrogen and oxygen atoms in total. The standard InChI is InChI=1S/C18H17FN4O3S2/c1-12-7-9-13(10-8-12)17-21-22-18(27-17)20-16(24)11-23(28(2,25)26)15-6-4-3-5-14(15)19/h3-10H,11H2,1-2H3,(H,20,22,24). The molecule has 1 aromatic heterocycles. The fourth-order valence-electron chi connectivity index (χ4n) is 2.41. The molecule has 0 saturated carbocycles. The third-order valence-electron chi connectivity index (χ3n) is 3.78. The fraction of sp³-hybridized carbons (Fsp3) is 0.167. The van der Waals surface area contributed by atoms with Gasteiger partial charge in [0.2, 0.25) is 21.1 Å². The summed E-state index contributed by atoms with van der Waals surface area (Å²) in [6.07, 6.45) is 0.910. The number of aromatic nitrogens is 2. The lowest BCUT2D eigenvalue weighted by molar-refractivity contribution is -0.114. The van der Waals surface area contributed by atoms with Crippen molar-refractivity contribution in [3.8, 4) is 10.6 Å². The molecule has 1 heterocycles. The number of benzene rings is 2. The summed E-state index contributed by atoms with van der Waals surface area (Å²) in [4.78, 5) is 12.3. The van der Waals surface area contributed by atoms with E-state index in [4.69, 9.17) is 0 Å². The quantitative estimate of drug-likeness (QED) is 0.662. The van der Waals surface area contributed by atoms with Gasteiger partial charge in [-0.3, -0.25) is 14.4 Å². The number of anilines is 2. The molecule has 3 aromatic rings. The number of sulfonamides is 1. The summed E-state index contributed by atoms with van der Waals surface area (Å²) in [6, 6.07) is 13.0. The highest BCUT2D eigenvalue weighted by Gasteiger charge is 2.24. The number of aryl methyl sites for hydroxylation is 1. The lowest BCUT2D eigenvalue weighted by atomic mass is 10.2. The molecule has 146 valence electrons. The van der Waals surface area contributed by atoms with Crippen LogP contribution < -0.4 is 9.62 Å². The normalized spacial score (nSPS) is 11.2. The average molecular weight is 420 g/mol. The summed E-state index contributed by atoms with van der Waals surface area (Å²) < 4.78 is 38.8. The lowest BCUT2D eigenvalue weighted by Crippen LogP contribution is -2.38. The van der Waals surface area contributed by atoms with Crippen LogP contribution in [0.2, 0.25) is 0 Å². The van der Waals surface area contributed by atoms with Gasteiger partial charge in [0.25, 0.3) is 0 Å². The van der Waals surface area contributed by atoms with Gasteiger partial charge in [-0.05, 0) is 19.1 Å². The first kappa shape index (κ1) is 19.9. The van der Waals surface area contributed by atoms with Gasteiger partial charge < -0.3 is 0 Å². The average Bonchev–Trinajstić information content (AvgIpc) is 3.08. The second-order valence-electron chi connectivity index (χ2n) is 6.05. The van der Waals surface area contributed by atoms with E-state index in [1.165, 1.54) is 18.2 Å². The Labute approximate surface area is 165 Å². The third-order valence-corrected chi connectivity index (χ3v) is 5.79. The molecule has 0 aliphatic carbocycles. The van der Waals surface area contributed by atoms with Crippen LogP contribution in [0.4, 0.5) is 15.2 Å². The van der Waals surface area contributed by atoms with Crippen LogP contribution in [0, 0.1) is 12.7 Å². The van der Waals surface area contributed by atoms with E-state index in [-0.39, 0.29) is 10.8 Å². The summed E-state index contributed by atoms with van der Waals surface area (Å²) >= 11 is 1.16. The van der Waals surface area contributed by atoms with Gasteiger partial charge in [-0.15, -0.1) is 10.2 Å². The van der Waals surface area contributed by atoms with Crippen molar-refractivity contribution in [2.75, 3.05) is 22.4 Å². The van der Waals surface area contributed by atoms with E-state index < -0.39 is 28.3 Å². The van der Waals surface area contributed by atoms with Crippen molar-refractivity contribution in [1.29, 1.82) is 0 Å². The zero-order chi connectivity index (χ0) is 20.3. The Balaban J connectivity index is 1.75. The Morgan fingerprint density at radius 2 is 1.82 bits per heavy atom. The third kappa shape index (κ3) is 4.70.